The average molecular weight is 470 g/mol. The van der Waals surface area contributed by atoms with Gasteiger partial charge in [-0.25, -0.2) is 0 Å². The number of carbonyl (C=O) groups excluding carboxylic acids is 2. The minimum Gasteiger partial charge on any atom is -0.368 e. The van der Waals surface area contributed by atoms with Gasteiger partial charge < -0.3 is 9.80 Å². The number of Topliss-reactive ketones (excluding diaryl/α,β-unsaturated/α-hetero) is 1. The van der Waals surface area contributed by atoms with Crippen LogP contribution in [0.5, 0.6) is 0 Å². The van der Waals surface area contributed by atoms with Gasteiger partial charge in [0.15, 0.2) is 10.9 Å². The quantitative estimate of drug-likeness (QED) is 0.403. The molecule has 7 nitrogen and oxygen atoms in total. The average Bonchev–Trinajstić information content (AvgIpc) is 3.28. The number of amides is 1. The number of piperazine rings is 1. The molecule has 166 valence electrons. The summed E-state index contributed by atoms with van der Waals surface area (Å²) in [6.07, 6.45) is 1.63. The molecule has 0 N–H and O–H groups in total. The minimum absolute atomic E-state index is 0.0609. The fourth-order valence-electron chi connectivity index (χ4n) is 3.57. The third kappa shape index (κ3) is 4.97. The van der Waals surface area contributed by atoms with Crippen LogP contribution in [0.3, 0.4) is 0 Å². The second-order valence-electron chi connectivity index (χ2n) is 7.68. The fourth-order valence-corrected chi connectivity index (χ4v) is 4.58. The highest BCUT2D eigenvalue weighted by molar-refractivity contribution is 7.99. The Kier molecular flexibility index (Phi) is 6.81. The molecule has 3 aromatic rings. The normalized spacial score (nSPS) is 14.0. The highest BCUT2D eigenvalue weighted by atomic mass is 35.5. The molecular formula is C23H24ClN5O2S. The van der Waals surface area contributed by atoms with E-state index >= 15 is 0 Å². The number of carbonyl (C=O) groups is 2. The molecule has 0 atom stereocenters. The van der Waals surface area contributed by atoms with E-state index in [2.05, 4.69) is 15.1 Å². The largest absolute Gasteiger partial charge is 0.368 e. The van der Waals surface area contributed by atoms with Crippen molar-refractivity contribution in [1.29, 1.82) is 0 Å². The Balaban J connectivity index is 1.32. The number of rotatable bonds is 6. The molecule has 4 rings (SSSR count). The van der Waals surface area contributed by atoms with Crippen LogP contribution in [0.15, 0.2) is 53.9 Å². The molecule has 1 aromatic heterocycles. The summed E-state index contributed by atoms with van der Waals surface area (Å²) < 4.78 is 1.84. The summed E-state index contributed by atoms with van der Waals surface area (Å²) >= 11 is 7.62. The van der Waals surface area contributed by atoms with E-state index in [9.17, 15) is 9.59 Å². The lowest BCUT2D eigenvalue weighted by Gasteiger charge is -2.36. The maximum absolute atomic E-state index is 12.8. The maximum Gasteiger partial charge on any atom is 0.233 e. The van der Waals surface area contributed by atoms with E-state index in [1.807, 2.05) is 58.9 Å². The van der Waals surface area contributed by atoms with E-state index in [0.717, 1.165) is 30.0 Å². The van der Waals surface area contributed by atoms with Crippen LogP contribution >= 0.6 is 23.4 Å². The maximum atomic E-state index is 12.8. The molecule has 32 heavy (non-hydrogen) atoms. The molecule has 9 heteroatoms. The number of hydrogen-bond donors (Lipinski definition) is 0. The number of aryl methyl sites for hydroxylation is 1. The van der Waals surface area contributed by atoms with Crippen molar-refractivity contribution in [2.24, 2.45) is 0 Å². The predicted octanol–water partition coefficient (Wildman–Crippen LogP) is 3.87. The van der Waals surface area contributed by atoms with Crippen LogP contribution in [-0.2, 0) is 4.79 Å². The smallest absolute Gasteiger partial charge is 0.233 e. The standard InChI is InChI=1S/C23H24ClN5O2S/c1-16-3-6-20(13-21(16)24)29-15-25-26-23(29)32-14-22(31)28-11-9-27(10-12-28)19-7-4-18(5-8-19)17(2)30/h3-8,13,15H,9-12,14H2,1-2H3. The van der Waals surface area contributed by atoms with Crippen molar-refractivity contribution in [1.82, 2.24) is 19.7 Å². The summed E-state index contributed by atoms with van der Waals surface area (Å²) in [5, 5.41) is 9.49. The van der Waals surface area contributed by atoms with Crippen LogP contribution in [0, 0.1) is 6.92 Å². The molecule has 1 amide bonds. The lowest BCUT2D eigenvalue weighted by atomic mass is 10.1. The molecule has 1 saturated heterocycles. The van der Waals surface area contributed by atoms with Gasteiger partial charge in [-0.15, -0.1) is 10.2 Å². The number of ketones is 1. The van der Waals surface area contributed by atoms with E-state index in [-0.39, 0.29) is 11.7 Å². The first-order valence-electron chi connectivity index (χ1n) is 10.4. The van der Waals surface area contributed by atoms with Crippen molar-refractivity contribution < 1.29 is 9.59 Å². The zero-order chi connectivity index (χ0) is 22.7. The number of thioether (sulfide) groups is 1. The summed E-state index contributed by atoms with van der Waals surface area (Å²) in [7, 11) is 0. The topological polar surface area (TPSA) is 71.3 Å². The van der Waals surface area contributed by atoms with Crippen molar-refractivity contribution >= 4 is 40.7 Å². The molecule has 2 aromatic carbocycles. The molecule has 0 aliphatic carbocycles. The van der Waals surface area contributed by atoms with Crippen LogP contribution in [0.4, 0.5) is 5.69 Å². The van der Waals surface area contributed by atoms with Gasteiger partial charge in [0.05, 0.1) is 11.4 Å². The van der Waals surface area contributed by atoms with Gasteiger partial charge in [0.1, 0.15) is 6.33 Å². The van der Waals surface area contributed by atoms with E-state index < -0.39 is 0 Å². The molecule has 0 radical (unpaired) electrons. The Hall–Kier alpha value is -2.84. The number of halogens is 1. The second kappa shape index (κ2) is 9.75. The van der Waals surface area contributed by atoms with Gasteiger partial charge in [-0.1, -0.05) is 29.4 Å². The Morgan fingerprint density at radius 2 is 1.72 bits per heavy atom. The highest BCUT2D eigenvalue weighted by Gasteiger charge is 2.22. The zero-order valence-corrected chi connectivity index (χ0v) is 19.6. The van der Waals surface area contributed by atoms with E-state index in [4.69, 9.17) is 11.6 Å². The van der Waals surface area contributed by atoms with Crippen LogP contribution in [0.1, 0.15) is 22.8 Å². The Labute approximate surface area is 196 Å². The van der Waals surface area contributed by atoms with Gasteiger partial charge in [-0.05, 0) is 55.8 Å². The van der Waals surface area contributed by atoms with Gasteiger partial charge >= 0.3 is 0 Å². The molecule has 0 spiro atoms. The summed E-state index contributed by atoms with van der Waals surface area (Å²) in [5.74, 6) is 0.440. The fraction of sp³-hybridized carbons (Fsp3) is 0.304. The van der Waals surface area contributed by atoms with E-state index in [0.29, 0.717) is 34.6 Å². The SMILES string of the molecule is CC(=O)c1ccc(N2CCN(C(=O)CSc3nncn3-c3ccc(C)c(Cl)c3)CC2)cc1. The van der Waals surface area contributed by atoms with Crippen LogP contribution in [0.25, 0.3) is 5.69 Å². The third-order valence-electron chi connectivity index (χ3n) is 5.55. The van der Waals surface area contributed by atoms with Crippen molar-refractivity contribution in [2.45, 2.75) is 19.0 Å². The molecule has 2 heterocycles. The van der Waals surface area contributed by atoms with Gasteiger partial charge in [0, 0.05) is 42.5 Å². The number of hydrogen-bond acceptors (Lipinski definition) is 6. The predicted molar refractivity (Wildman–Crippen MR) is 127 cm³/mol. The molecular weight excluding hydrogens is 446 g/mol. The second-order valence-corrected chi connectivity index (χ2v) is 9.03. The Morgan fingerprint density at radius 3 is 2.38 bits per heavy atom. The first kappa shape index (κ1) is 22.4. The molecule has 1 fully saturated rings. The third-order valence-corrected chi connectivity index (χ3v) is 6.88. The van der Waals surface area contributed by atoms with E-state index in [1.165, 1.54) is 11.8 Å². The Bertz CT molecular complexity index is 1120. The van der Waals surface area contributed by atoms with Crippen molar-refractivity contribution in [3.63, 3.8) is 0 Å². The first-order valence-corrected chi connectivity index (χ1v) is 11.7. The number of nitrogens with zero attached hydrogens (tertiary/aromatic N) is 5. The molecule has 1 aliphatic rings. The molecule has 0 saturated carbocycles. The Morgan fingerprint density at radius 1 is 1.03 bits per heavy atom. The van der Waals surface area contributed by atoms with Crippen molar-refractivity contribution in [2.75, 3.05) is 36.8 Å². The van der Waals surface area contributed by atoms with Crippen LogP contribution in [0.2, 0.25) is 5.02 Å². The van der Waals surface area contributed by atoms with E-state index in [1.54, 1.807) is 13.3 Å². The summed E-state index contributed by atoms with van der Waals surface area (Å²) in [6, 6.07) is 13.4. The van der Waals surface area contributed by atoms with Gasteiger partial charge in [-0.2, -0.15) is 0 Å². The summed E-state index contributed by atoms with van der Waals surface area (Å²) in [5.41, 5.74) is 3.65. The van der Waals surface area contributed by atoms with Crippen LogP contribution < -0.4 is 4.90 Å². The molecule has 0 bridgehead atoms. The van der Waals surface area contributed by atoms with Crippen molar-refractivity contribution in [3.8, 4) is 5.69 Å². The summed E-state index contributed by atoms with van der Waals surface area (Å²) in [6.45, 7) is 6.35. The highest BCUT2D eigenvalue weighted by Crippen LogP contribution is 2.24. The lowest BCUT2D eigenvalue weighted by Crippen LogP contribution is -2.49. The zero-order valence-electron chi connectivity index (χ0n) is 18.0. The van der Waals surface area contributed by atoms with Crippen LogP contribution in [-0.4, -0.2) is 63.3 Å². The first-order chi connectivity index (χ1) is 15.4. The lowest BCUT2D eigenvalue weighted by molar-refractivity contribution is -0.128. The number of anilines is 1. The monoisotopic (exact) mass is 469 g/mol. The van der Waals surface area contributed by atoms with Gasteiger partial charge in [0.2, 0.25) is 5.91 Å². The van der Waals surface area contributed by atoms with Crippen molar-refractivity contribution in [3.05, 3.63) is 64.9 Å². The molecule has 0 unspecified atom stereocenters. The minimum atomic E-state index is 0.0609. The van der Waals surface area contributed by atoms with Gasteiger partial charge in [-0.3, -0.25) is 14.2 Å². The molecule has 1 aliphatic heterocycles. The van der Waals surface area contributed by atoms with Gasteiger partial charge in [0.25, 0.3) is 0 Å². The number of aromatic nitrogens is 3. The summed E-state index contributed by atoms with van der Waals surface area (Å²) in [4.78, 5) is 28.3. The number of benzene rings is 2.